The van der Waals surface area contributed by atoms with Gasteiger partial charge in [-0.25, -0.2) is 13.2 Å². The number of hydrogen-bond donors (Lipinski definition) is 2. The molecule has 0 spiro atoms. The number of fused-ring (bicyclic) bond motifs is 1. The fourth-order valence-corrected chi connectivity index (χ4v) is 6.80. The van der Waals surface area contributed by atoms with Crippen molar-refractivity contribution in [2.45, 2.75) is 35.5 Å². The number of nitro benzene ring substituents is 1. The SMILES string of the molecule is O=C(Cc1ccc([N+](=O)[O-])cc1)NC1C(=O)N2C(C(=O)O)C(Cc3ccccc3)S(=O)(=O)[C@H]12. The Morgan fingerprint density at radius 3 is 2.27 bits per heavy atom. The largest absolute Gasteiger partial charge is 0.480 e. The van der Waals surface area contributed by atoms with Crippen molar-refractivity contribution in [1.29, 1.82) is 0 Å². The molecule has 4 rings (SSSR count). The van der Waals surface area contributed by atoms with E-state index in [1.165, 1.54) is 24.3 Å². The van der Waals surface area contributed by atoms with E-state index in [1.54, 1.807) is 30.3 Å². The van der Waals surface area contributed by atoms with Gasteiger partial charge in [0.05, 0.1) is 16.6 Å². The molecule has 2 heterocycles. The van der Waals surface area contributed by atoms with E-state index in [0.717, 1.165) is 4.90 Å². The molecule has 2 amide bonds. The number of nitro groups is 1. The van der Waals surface area contributed by atoms with Crippen LogP contribution in [0.25, 0.3) is 0 Å². The van der Waals surface area contributed by atoms with Crippen LogP contribution in [0.2, 0.25) is 0 Å². The second-order valence-electron chi connectivity index (χ2n) is 7.88. The molecule has 33 heavy (non-hydrogen) atoms. The van der Waals surface area contributed by atoms with E-state index < -0.39 is 55.3 Å². The zero-order valence-electron chi connectivity index (χ0n) is 17.0. The number of non-ortho nitro benzene ring substituents is 1. The van der Waals surface area contributed by atoms with Gasteiger partial charge >= 0.3 is 5.97 Å². The summed E-state index contributed by atoms with van der Waals surface area (Å²) in [7, 11) is -4.10. The van der Waals surface area contributed by atoms with Crippen molar-refractivity contribution < 1.29 is 32.8 Å². The molecule has 3 unspecified atom stereocenters. The number of nitrogens with zero attached hydrogens (tertiary/aromatic N) is 2. The zero-order valence-corrected chi connectivity index (χ0v) is 17.8. The second kappa shape index (κ2) is 8.28. The molecule has 2 aromatic carbocycles. The van der Waals surface area contributed by atoms with E-state index in [9.17, 15) is 38.0 Å². The van der Waals surface area contributed by atoms with E-state index >= 15 is 0 Å². The molecule has 2 saturated heterocycles. The van der Waals surface area contributed by atoms with Crippen molar-refractivity contribution in [2.24, 2.45) is 0 Å². The average Bonchev–Trinajstić information content (AvgIpc) is 2.97. The Bertz CT molecular complexity index is 1230. The maximum absolute atomic E-state index is 13.2. The molecule has 2 aliphatic heterocycles. The number of rotatable bonds is 7. The van der Waals surface area contributed by atoms with E-state index in [0.29, 0.717) is 11.1 Å². The van der Waals surface area contributed by atoms with Gasteiger partial charge in [0, 0.05) is 12.1 Å². The summed E-state index contributed by atoms with van der Waals surface area (Å²) in [5, 5.41) is 20.0. The molecule has 2 N–H and O–H groups in total. The van der Waals surface area contributed by atoms with Gasteiger partial charge in [0.15, 0.2) is 15.2 Å². The van der Waals surface area contributed by atoms with Gasteiger partial charge in [-0.05, 0) is 17.5 Å². The molecule has 12 heteroatoms. The fourth-order valence-electron chi connectivity index (χ4n) is 4.30. The zero-order chi connectivity index (χ0) is 23.9. The van der Waals surface area contributed by atoms with Crippen molar-refractivity contribution in [2.75, 3.05) is 0 Å². The van der Waals surface area contributed by atoms with Crippen LogP contribution in [-0.4, -0.2) is 63.8 Å². The highest BCUT2D eigenvalue weighted by Gasteiger charge is 2.68. The summed E-state index contributed by atoms with van der Waals surface area (Å²) in [5.74, 6) is -2.86. The van der Waals surface area contributed by atoms with E-state index in [4.69, 9.17) is 0 Å². The highest BCUT2D eigenvalue weighted by atomic mass is 32.2. The topological polar surface area (TPSA) is 164 Å². The van der Waals surface area contributed by atoms with Crippen molar-refractivity contribution in [3.8, 4) is 0 Å². The van der Waals surface area contributed by atoms with Crippen LogP contribution in [0.15, 0.2) is 54.6 Å². The number of carboxylic acids is 1. The van der Waals surface area contributed by atoms with Crippen molar-refractivity contribution >= 4 is 33.3 Å². The van der Waals surface area contributed by atoms with Crippen LogP contribution < -0.4 is 5.32 Å². The van der Waals surface area contributed by atoms with E-state index in [1.807, 2.05) is 0 Å². The molecule has 11 nitrogen and oxygen atoms in total. The van der Waals surface area contributed by atoms with Crippen LogP contribution in [0.4, 0.5) is 5.69 Å². The Kier molecular flexibility index (Phi) is 5.62. The number of β-lactam (4-membered cyclic amide) rings is 1. The maximum atomic E-state index is 13.2. The molecule has 0 radical (unpaired) electrons. The predicted octanol–water partition coefficient (Wildman–Crippen LogP) is 0.283. The Balaban J connectivity index is 1.51. The third kappa shape index (κ3) is 3.93. The number of sulfone groups is 1. The van der Waals surface area contributed by atoms with Crippen molar-refractivity contribution in [1.82, 2.24) is 10.2 Å². The highest BCUT2D eigenvalue weighted by molar-refractivity contribution is 7.93. The summed E-state index contributed by atoms with van der Waals surface area (Å²) in [4.78, 5) is 47.9. The average molecular weight is 473 g/mol. The van der Waals surface area contributed by atoms with Gasteiger partial charge in [0.2, 0.25) is 11.8 Å². The number of aliphatic carboxylic acids is 1. The number of hydrogen-bond acceptors (Lipinski definition) is 7. The lowest BCUT2D eigenvalue weighted by atomic mass is 9.98. The molecule has 2 aliphatic rings. The van der Waals surface area contributed by atoms with Crippen LogP contribution in [0.1, 0.15) is 11.1 Å². The number of carbonyl (C=O) groups excluding carboxylic acids is 2. The van der Waals surface area contributed by atoms with Gasteiger partial charge in [-0.2, -0.15) is 0 Å². The summed E-state index contributed by atoms with van der Waals surface area (Å²) in [6, 6.07) is 10.8. The molecule has 0 saturated carbocycles. The summed E-state index contributed by atoms with van der Waals surface area (Å²) >= 11 is 0. The number of benzene rings is 2. The first kappa shape index (κ1) is 22.4. The van der Waals surface area contributed by atoms with Gasteiger partial charge in [-0.1, -0.05) is 42.5 Å². The monoisotopic (exact) mass is 473 g/mol. The Morgan fingerprint density at radius 1 is 1.06 bits per heavy atom. The molecule has 4 atom stereocenters. The van der Waals surface area contributed by atoms with Crippen LogP contribution in [0.5, 0.6) is 0 Å². The molecular weight excluding hydrogens is 454 g/mol. The van der Waals surface area contributed by atoms with Gasteiger partial charge in [0.1, 0.15) is 12.1 Å². The number of nitrogens with one attached hydrogen (secondary N) is 1. The third-order valence-corrected chi connectivity index (χ3v) is 8.29. The standard InChI is InChI=1S/C21H19N3O8S/c25-16(11-13-6-8-14(9-7-13)24(29)30)22-17-19(26)23-18(21(27)28)15(33(31,32)20(17)23)10-12-4-2-1-3-5-12/h1-9,15,17-18,20H,10-11H2,(H,22,25)(H,27,28)/t15?,17?,18?,20-/m1/s1. The first-order valence-electron chi connectivity index (χ1n) is 9.95. The molecule has 2 fully saturated rings. The normalized spacial score (nSPS) is 25.1. The highest BCUT2D eigenvalue weighted by Crippen LogP contribution is 2.41. The molecule has 0 aliphatic carbocycles. The Hall–Kier alpha value is -3.80. The Labute approximate surface area is 188 Å². The molecule has 0 aromatic heterocycles. The fraction of sp³-hybridized carbons (Fsp3) is 0.286. The van der Waals surface area contributed by atoms with Gasteiger partial charge < -0.3 is 15.3 Å². The molecular formula is C21H19N3O8S. The van der Waals surface area contributed by atoms with Crippen molar-refractivity contribution in [3.05, 3.63) is 75.8 Å². The third-order valence-electron chi connectivity index (χ3n) is 5.85. The summed E-state index contributed by atoms with van der Waals surface area (Å²) < 4.78 is 26.4. The van der Waals surface area contributed by atoms with Gasteiger partial charge in [-0.15, -0.1) is 0 Å². The predicted molar refractivity (Wildman–Crippen MR) is 114 cm³/mol. The first-order chi connectivity index (χ1) is 15.6. The summed E-state index contributed by atoms with van der Waals surface area (Å²) in [6.07, 6.45) is -0.311. The smallest absolute Gasteiger partial charge is 0.327 e. The molecule has 0 bridgehead atoms. The minimum Gasteiger partial charge on any atom is -0.480 e. The van der Waals surface area contributed by atoms with Crippen LogP contribution >= 0.6 is 0 Å². The lowest BCUT2D eigenvalue weighted by molar-refractivity contribution is -0.384. The minimum atomic E-state index is -4.10. The lowest BCUT2D eigenvalue weighted by Gasteiger charge is -2.42. The summed E-state index contributed by atoms with van der Waals surface area (Å²) in [6.45, 7) is 0. The van der Waals surface area contributed by atoms with Gasteiger partial charge in [0.25, 0.3) is 5.69 Å². The van der Waals surface area contributed by atoms with Crippen molar-refractivity contribution in [3.63, 3.8) is 0 Å². The van der Waals surface area contributed by atoms with Crippen LogP contribution in [0, 0.1) is 10.1 Å². The van der Waals surface area contributed by atoms with Crippen LogP contribution in [-0.2, 0) is 37.1 Å². The molecule has 172 valence electrons. The number of carbonyl (C=O) groups is 3. The molecule has 2 aromatic rings. The summed E-state index contributed by atoms with van der Waals surface area (Å²) in [5.41, 5.74) is 0.901. The Morgan fingerprint density at radius 2 is 1.70 bits per heavy atom. The quantitative estimate of drug-likeness (QED) is 0.329. The minimum absolute atomic E-state index is 0.0795. The second-order valence-corrected chi connectivity index (χ2v) is 10.1. The number of amides is 2. The lowest BCUT2D eigenvalue weighted by Crippen LogP contribution is -2.72. The maximum Gasteiger partial charge on any atom is 0.327 e. The number of carboxylic acid groups (broad SMARTS) is 1. The van der Waals surface area contributed by atoms with Gasteiger partial charge in [-0.3, -0.25) is 19.7 Å². The first-order valence-corrected chi connectivity index (χ1v) is 11.6. The van der Waals surface area contributed by atoms with Crippen LogP contribution in [0.3, 0.4) is 0 Å². The van der Waals surface area contributed by atoms with E-state index in [-0.39, 0.29) is 18.5 Å². The van der Waals surface area contributed by atoms with E-state index in [2.05, 4.69) is 5.32 Å².